The largest absolute Gasteiger partial charge is 0.406 e. The highest BCUT2D eigenvalue weighted by atomic mass is 35.5. The standard InChI is InChI=1S/C15H14Cl2F4N2O2/c1-7(9-3-12(18)11(17)4-10(9)16)22-14(25)8-2-13(24)23(5-8)6-15(19,20)21/h3-4,7-8H,2,5-6H2,1H3,(H,22,25). The van der Waals surface area contributed by atoms with E-state index in [-0.39, 0.29) is 28.6 Å². The number of carbonyl (C=O) groups is 2. The fourth-order valence-electron chi connectivity index (χ4n) is 2.60. The molecule has 0 spiro atoms. The molecule has 2 unspecified atom stereocenters. The molecule has 0 aromatic heterocycles. The molecule has 0 bridgehead atoms. The van der Waals surface area contributed by atoms with Gasteiger partial charge in [0.15, 0.2) is 0 Å². The number of nitrogens with zero attached hydrogens (tertiary/aromatic N) is 1. The first-order chi connectivity index (χ1) is 11.5. The van der Waals surface area contributed by atoms with E-state index in [0.29, 0.717) is 4.90 Å². The van der Waals surface area contributed by atoms with Crippen LogP contribution in [-0.4, -0.2) is 36.0 Å². The van der Waals surface area contributed by atoms with Crippen molar-refractivity contribution in [2.45, 2.75) is 25.6 Å². The molecule has 4 nitrogen and oxygen atoms in total. The molecule has 2 rings (SSSR count). The van der Waals surface area contributed by atoms with Crippen LogP contribution in [0.3, 0.4) is 0 Å². The summed E-state index contributed by atoms with van der Waals surface area (Å²) in [6, 6.07) is 1.56. The van der Waals surface area contributed by atoms with E-state index in [0.717, 1.165) is 6.07 Å². The van der Waals surface area contributed by atoms with Crippen LogP contribution >= 0.6 is 23.2 Å². The zero-order valence-corrected chi connectivity index (χ0v) is 14.5. The molecule has 1 fully saturated rings. The summed E-state index contributed by atoms with van der Waals surface area (Å²) in [5.74, 6) is -2.96. The second-order valence-electron chi connectivity index (χ2n) is 5.81. The number of hydrogen-bond acceptors (Lipinski definition) is 2. The third-order valence-electron chi connectivity index (χ3n) is 3.82. The average molecular weight is 401 g/mol. The molecule has 1 aliphatic heterocycles. The highest BCUT2D eigenvalue weighted by Crippen LogP contribution is 2.29. The van der Waals surface area contributed by atoms with Gasteiger partial charge in [0.05, 0.1) is 17.0 Å². The quantitative estimate of drug-likeness (QED) is 0.618. The number of halogens is 6. The van der Waals surface area contributed by atoms with Gasteiger partial charge in [-0.3, -0.25) is 9.59 Å². The number of likely N-dealkylation sites (tertiary alicyclic amines) is 1. The van der Waals surface area contributed by atoms with Crippen LogP contribution in [0.5, 0.6) is 0 Å². The lowest BCUT2D eigenvalue weighted by atomic mass is 10.0. The van der Waals surface area contributed by atoms with Crippen molar-refractivity contribution < 1.29 is 27.2 Å². The third-order valence-corrected chi connectivity index (χ3v) is 4.44. The number of amides is 2. The summed E-state index contributed by atoms with van der Waals surface area (Å²) < 4.78 is 50.8. The fraction of sp³-hybridized carbons (Fsp3) is 0.467. The Morgan fingerprint density at radius 2 is 2.00 bits per heavy atom. The second kappa shape index (κ2) is 7.37. The van der Waals surface area contributed by atoms with Gasteiger partial charge in [-0.15, -0.1) is 0 Å². The van der Waals surface area contributed by atoms with Crippen LogP contribution in [0.2, 0.25) is 10.0 Å². The Morgan fingerprint density at radius 1 is 1.36 bits per heavy atom. The summed E-state index contributed by atoms with van der Waals surface area (Å²) in [7, 11) is 0. The van der Waals surface area contributed by atoms with Gasteiger partial charge in [-0.25, -0.2) is 4.39 Å². The van der Waals surface area contributed by atoms with Gasteiger partial charge in [0, 0.05) is 18.0 Å². The smallest absolute Gasteiger partial charge is 0.349 e. The van der Waals surface area contributed by atoms with Crippen molar-refractivity contribution >= 4 is 35.0 Å². The van der Waals surface area contributed by atoms with E-state index in [1.54, 1.807) is 0 Å². The average Bonchev–Trinajstić information content (AvgIpc) is 2.82. The summed E-state index contributed by atoms with van der Waals surface area (Å²) in [5, 5.41) is 2.51. The lowest BCUT2D eigenvalue weighted by molar-refractivity contribution is -0.157. The van der Waals surface area contributed by atoms with Gasteiger partial charge in [-0.1, -0.05) is 23.2 Å². The van der Waals surface area contributed by atoms with Crippen LogP contribution in [0, 0.1) is 11.7 Å². The topological polar surface area (TPSA) is 49.4 Å². The predicted octanol–water partition coefficient (Wildman–Crippen LogP) is 3.72. The monoisotopic (exact) mass is 400 g/mol. The third kappa shape index (κ3) is 4.98. The van der Waals surface area contributed by atoms with Crippen molar-refractivity contribution in [2.75, 3.05) is 13.1 Å². The van der Waals surface area contributed by atoms with Crippen molar-refractivity contribution in [3.63, 3.8) is 0 Å². The maximum Gasteiger partial charge on any atom is 0.406 e. The lowest BCUT2D eigenvalue weighted by Gasteiger charge is -2.20. The summed E-state index contributed by atoms with van der Waals surface area (Å²) in [5.41, 5.74) is 0.272. The zero-order chi connectivity index (χ0) is 18.9. The molecule has 1 aromatic rings. The van der Waals surface area contributed by atoms with Crippen molar-refractivity contribution in [1.29, 1.82) is 0 Å². The Kier molecular flexibility index (Phi) is 5.83. The summed E-state index contributed by atoms with van der Waals surface area (Å²) in [4.78, 5) is 24.4. The minimum absolute atomic E-state index is 0.139. The molecule has 0 radical (unpaired) electrons. The Morgan fingerprint density at radius 3 is 2.60 bits per heavy atom. The normalized spacial score (nSPS) is 19.2. The SMILES string of the molecule is CC(NC(=O)C1CC(=O)N(CC(F)(F)F)C1)c1cc(F)c(Cl)cc1Cl. The van der Waals surface area contributed by atoms with E-state index < -0.39 is 42.3 Å². The number of rotatable bonds is 4. The highest BCUT2D eigenvalue weighted by Gasteiger charge is 2.40. The van der Waals surface area contributed by atoms with E-state index in [9.17, 15) is 27.2 Å². The van der Waals surface area contributed by atoms with Gasteiger partial charge in [-0.05, 0) is 24.6 Å². The molecule has 0 aliphatic carbocycles. The van der Waals surface area contributed by atoms with Crippen molar-refractivity contribution in [3.8, 4) is 0 Å². The Balaban J connectivity index is 2.03. The first kappa shape index (κ1) is 19.8. The molecule has 10 heteroatoms. The van der Waals surface area contributed by atoms with E-state index in [4.69, 9.17) is 23.2 Å². The summed E-state index contributed by atoms with van der Waals surface area (Å²) >= 11 is 11.6. The molecule has 1 N–H and O–H groups in total. The molecule has 1 heterocycles. The Bertz CT molecular complexity index is 697. The first-order valence-corrected chi connectivity index (χ1v) is 8.03. The first-order valence-electron chi connectivity index (χ1n) is 7.27. The van der Waals surface area contributed by atoms with E-state index in [1.165, 1.54) is 13.0 Å². The minimum atomic E-state index is -4.53. The molecule has 2 amide bonds. The predicted molar refractivity (Wildman–Crippen MR) is 83.7 cm³/mol. The van der Waals surface area contributed by atoms with Crippen LogP contribution in [0.25, 0.3) is 0 Å². The van der Waals surface area contributed by atoms with Crippen molar-refractivity contribution in [3.05, 3.63) is 33.6 Å². The van der Waals surface area contributed by atoms with Crippen molar-refractivity contribution in [2.24, 2.45) is 5.92 Å². The molecular weight excluding hydrogens is 387 g/mol. The number of carbonyl (C=O) groups excluding carboxylic acids is 2. The molecule has 1 aromatic carbocycles. The van der Waals surface area contributed by atoms with E-state index in [1.807, 2.05) is 0 Å². The Hall–Kier alpha value is -1.54. The number of alkyl halides is 3. The molecule has 1 aliphatic rings. The van der Waals surface area contributed by atoms with Crippen molar-refractivity contribution in [1.82, 2.24) is 10.2 Å². The van der Waals surface area contributed by atoms with Crippen LogP contribution in [0.1, 0.15) is 24.9 Å². The zero-order valence-electron chi connectivity index (χ0n) is 13.0. The fourth-order valence-corrected chi connectivity index (χ4v) is 3.14. The molecule has 25 heavy (non-hydrogen) atoms. The van der Waals surface area contributed by atoms with Crippen LogP contribution in [-0.2, 0) is 9.59 Å². The van der Waals surface area contributed by atoms with Gasteiger partial charge in [-0.2, -0.15) is 13.2 Å². The maximum absolute atomic E-state index is 13.6. The van der Waals surface area contributed by atoms with Gasteiger partial charge in [0.25, 0.3) is 0 Å². The maximum atomic E-state index is 13.6. The molecule has 1 saturated heterocycles. The summed E-state index contributed by atoms with van der Waals surface area (Å²) in [6.07, 6.45) is -4.83. The Labute approximate surface area is 151 Å². The number of nitrogens with one attached hydrogen (secondary N) is 1. The van der Waals surface area contributed by atoms with E-state index in [2.05, 4.69) is 5.32 Å². The molecule has 0 saturated carbocycles. The number of benzene rings is 1. The van der Waals surface area contributed by atoms with E-state index >= 15 is 0 Å². The molecular formula is C15H14Cl2F4N2O2. The summed E-state index contributed by atoms with van der Waals surface area (Å²) in [6.45, 7) is -0.171. The molecule has 2 atom stereocenters. The van der Waals surface area contributed by atoms with Crippen LogP contribution in [0.4, 0.5) is 17.6 Å². The molecule has 138 valence electrons. The van der Waals surface area contributed by atoms with Gasteiger partial charge >= 0.3 is 6.18 Å². The van der Waals surface area contributed by atoms with Gasteiger partial charge in [0.2, 0.25) is 11.8 Å². The number of hydrogen-bond donors (Lipinski definition) is 1. The van der Waals surface area contributed by atoms with Gasteiger partial charge < -0.3 is 10.2 Å². The van der Waals surface area contributed by atoms with Crippen LogP contribution in [0.15, 0.2) is 12.1 Å². The highest BCUT2D eigenvalue weighted by molar-refractivity contribution is 6.35. The lowest BCUT2D eigenvalue weighted by Crippen LogP contribution is -2.37. The second-order valence-corrected chi connectivity index (χ2v) is 6.62. The minimum Gasteiger partial charge on any atom is -0.349 e. The van der Waals surface area contributed by atoms with Crippen LogP contribution < -0.4 is 5.32 Å². The van der Waals surface area contributed by atoms with Gasteiger partial charge in [0.1, 0.15) is 12.4 Å².